The molecule has 1 aromatic carbocycles. The van der Waals surface area contributed by atoms with Crippen molar-refractivity contribution in [3.8, 4) is 0 Å². The van der Waals surface area contributed by atoms with Crippen molar-refractivity contribution in [2.75, 3.05) is 17.2 Å². The standard InChI is InChI=1S/C16H22N4/c1-11(2)10-17-16-18-13(4)9-15(20-16)19-14-8-6-5-7-12(14)3/h5-9,11H,10H2,1-4H3,(H2,17,18,19,20). The van der Waals surface area contributed by atoms with Crippen molar-refractivity contribution in [2.24, 2.45) is 5.92 Å². The molecule has 0 fully saturated rings. The monoisotopic (exact) mass is 270 g/mol. The molecule has 0 aliphatic heterocycles. The van der Waals surface area contributed by atoms with Crippen LogP contribution in [0.15, 0.2) is 30.3 Å². The van der Waals surface area contributed by atoms with E-state index in [9.17, 15) is 0 Å². The SMILES string of the molecule is Cc1cc(Nc2ccccc2C)nc(NCC(C)C)n1. The molecule has 0 saturated heterocycles. The Morgan fingerprint density at radius 3 is 2.55 bits per heavy atom. The lowest BCUT2D eigenvalue weighted by Crippen LogP contribution is -2.11. The van der Waals surface area contributed by atoms with Gasteiger partial charge in [-0.3, -0.25) is 0 Å². The van der Waals surface area contributed by atoms with Crippen LogP contribution < -0.4 is 10.6 Å². The quantitative estimate of drug-likeness (QED) is 0.865. The van der Waals surface area contributed by atoms with Crippen molar-refractivity contribution in [3.05, 3.63) is 41.6 Å². The molecule has 4 heteroatoms. The van der Waals surface area contributed by atoms with Gasteiger partial charge in [-0.1, -0.05) is 32.0 Å². The van der Waals surface area contributed by atoms with Crippen molar-refractivity contribution < 1.29 is 0 Å². The topological polar surface area (TPSA) is 49.8 Å². The van der Waals surface area contributed by atoms with Crippen LogP contribution in [0.1, 0.15) is 25.1 Å². The van der Waals surface area contributed by atoms with E-state index in [0.29, 0.717) is 11.9 Å². The van der Waals surface area contributed by atoms with Gasteiger partial charge in [0.1, 0.15) is 5.82 Å². The number of aryl methyl sites for hydroxylation is 2. The molecular formula is C16H22N4. The summed E-state index contributed by atoms with van der Waals surface area (Å²) in [4.78, 5) is 8.92. The number of rotatable bonds is 5. The Hall–Kier alpha value is -2.10. The molecule has 0 radical (unpaired) electrons. The first-order valence-corrected chi connectivity index (χ1v) is 6.97. The van der Waals surface area contributed by atoms with E-state index < -0.39 is 0 Å². The van der Waals surface area contributed by atoms with E-state index in [4.69, 9.17) is 0 Å². The zero-order valence-corrected chi connectivity index (χ0v) is 12.6. The highest BCUT2D eigenvalue weighted by Gasteiger charge is 2.04. The highest BCUT2D eigenvalue weighted by molar-refractivity contribution is 5.61. The third kappa shape index (κ3) is 3.95. The van der Waals surface area contributed by atoms with Gasteiger partial charge in [-0.05, 0) is 31.4 Å². The fourth-order valence-corrected chi connectivity index (χ4v) is 1.86. The van der Waals surface area contributed by atoms with Gasteiger partial charge in [0.05, 0.1) is 0 Å². The summed E-state index contributed by atoms with van der Waals surface area (Å²) < 4.78 is 0. The van der Waals surface area contributed by atoms with Crippen LogP contribution in [-0.4, -0.2) is 16.5 Å². The van der Waals surface area contributed by atoms with Crippen LogP contribution in [0.3, 0.4) is 0 Å². The van der Waals surface area contributed by atoms with Crippen molar-refractivity contribution in [3.63, 3.8) is 0 Å². The molecule has 0 unspecified atom stereocenters. The lowest BCUT2D eigenvalue weighted by atomic mass is 10.2. The molecule has 0 atom stereocenters. The minimum atomic E-state index is 0.562. The number of hydrogen-bond donors (Lipinski definition) is 2. The molecule has 1 heterocycles. The van der Waals surface area contributed by atoms with Gasteiger partial charge in [0.25, 0.3) is 0 Å². The van der Waals surface area contributed by atoms with Crippen LogP contribution in [0.5, 0.6) is 0 Å². The Morgan fingerprint density at radius 1 is 1.10 bits per heavy atom. The molecule has 0 bridgehead atoms. The van der Waals surface area contributed by atoms with Gasteiger partial charge in [-0.15, -0.1) is 0 Å². The minimum absolute atomic E-state index is 0.562. The maximum absolute atomic E-state index is 4.51. The van der Waals surface area contributed by atoms with Gasteiger partial charge in [0, 0.05) is 24.0 Å². The van der Waals surface area contributed by atoms with Crippen molar-refractivity contribution in [1.82, 2.24) is 9.97 Å². The number of aromatic nitrogens is 2. The van der Waals surface area contributed by atoms with Crippen LogP contribution in [0.2, 0.25) is 0 Å². The number of para-hydroxylation sites is 1. The van der Waals surface area contributed by atoms with E-state index in [2.05, 4.69) is 47.4 Å². The molecule has 0 amide bonds. The average Bonchev–Trinajstić information content (AvgIpc) is 2.38. The van der Waals surface area contributed by atoms with Crippen molar-refractivity contribution >= 4 is 17.5 Å². The zero-order valence-electron chi connectivity index (χ0n) is 12.6. The normalized spacial score (nSPS) is 10.7. The highest BCUT2D eigenvalue weighted by Crippen LogP contribution is 2.20. The molecule has 2 aromatic rings. The van der Waals surface area contributed by atoms with Gasteiger partial charge in [-0.2, -0.15) is 4.98 Å². The van der Waals surface area contributed by atoms with E-state index in [-0.39, 0.29) is 0 Å². The Balaban J connectivity index is 2.17. The highest BCUT2D eigenvalue weighted by atomic mass is 15.1. The van der Waals surface area contributed by atoms with Gasteiger partial charge >= 0.3 is 0 Å². The van der Waals surface area contributed by atoms with Gasteiger partial charge in [-0.25, -0.2) is 4.98 Å². The Kier molecular flexibility index (Phi) is 4.56. The first-order valence-electron chi connectivity index (χ1n) is 6.97. The molecular weight excluding hydrogens is 248 g/mol. The number of benzene rings is 1. The molecule has 0 aliphatic carbocycles. The van der Waals surface area contributed by atoms with E-state index in [1.165, 1.54) is 5.56 Å². The summed E-state index contributed by atoms with van der Waals surface area (Å²) >= 11 is 0. The Bertz CT molecular complexity index is 578. The van der Waals surface area contributed by atoms with E-state index >= 15 is 0 Å². The number of nitrogens with zero attached hydrogens (tertiary/aromatic N) is 2. The summed E-state index contributed by atoms with van der Waals surface area (Å²) in [6, 6.07) is 10.1. The van der Waals surface area contributed by atoms with Crippen molar-refractivity contribution in [2.45, 2.75) is 27.7 Å². The van der Waals surface area contributed by atoms with Crippen LogP contribution in [0, 0.1) is 19.8 Å². The summed E-state index contributed by atoms with van der Waals surface area (Å²) in [5.74, 6) is 2.06. The maximum atomic E-state index is 4.51. The predicted octanol–water partition coefficient (Wildman–Crippen LogP) is 3.90. The largest absolute Gasteiger partial charge is 0.354 e. The molecule has 0 spiro atoms. The Labute approximate surface area is 120 Å². The van der Waals surface area contributed by atoms with Crippen molar-refractivity contribution in [1.29, 1.82) is 0 Å². The third-order valence-electron chi connectivity index (χ3n) is 2.93. The lowest BCUT2D eigenvalue weighted by Gasteiger charge is -2.12. The minimum Gasteiger partial charge on any atom is -0.354 e. The summed E-state index contributed by atoms with van der Waals surface area (Å²) in [7, 11) is 0. The summed E-state index contributed by atoms with van der Waals surface area (Å²) in [5.41, 5.74) is 3.21. The number of hydrogen-bond acceptors (Lipinski definition) is 4. The molecule has 0 aliphatic rings. The molecule has 4 nitrogen and oxygen atoms in total. The van der Waals surface area contributed by atoms with Crippen LogP contribution in [0.4, 0.5) is 17.5 Å². The van der Waals surface area contributed by atoms with Crippen LogP contribution in [-0.2, 0) is 0 Å². The van der Waals surface area contributed by atoms with Crippen LogP contribution >= 0.6 is 0 Å². The molecule has 2 N–H and O–H groups in total. The number of anilines is 3. The second-order valence-corrected chi connectivity index (χ2v) is 5.43. The molecule has 20 heavy (non-hydrogen) atoms. The van der Waals surface area contributed by atoms with E-state index in [0.717, 1.165) is 23.7 Å². The first kappa shape index (κ1) is 14.3. The second-order valence-electron chi connectivity index (χ2n) is 5.43. The summed E-state index contributed by atoms with van der Waals surface area (Å²) in [6.45, 7) is 9.25. The molecule has 2 rings (SSSR count). The Morgan fingerprint density at radius 2 is 1.85 bits per heavy atom. The van der Waals surface area contributed by atoms with E-state index in [1.54, 1.807) is 0 Å². The molecule has 106 valence electrons. The van der Waals surface area contributed by atoms with Crippen LogP contribution in [0.25, 0.3) is 0 Å². The second kappa shape index (κ2) is 6.37. The molecule has 1 aromatic heterocycles. The lowest BCUT2D eigenvalue weighted by molar-refractivity contribution is 0.684. The zero-order chi connectivity index (χ0) is 14.5. The fraction of sp³-hybridized carbons (Fsp3) is 0.375. The third-order valence-corrected chi connectivity index (χ3v) is 2.93. The van der Waals surface area contributed by atoms with E-state index in [1.807, 2.05) is 31.2 Å². The summed E-state index contributed by atoms with van der Waals surface area (Å²) in [5, 5.41) is 6.61. The smallest absolute Gasteiger partial charge is 0.224 e. The predicted molar refractivity (Wildman–Crippen MR) is 84.6 cm³/mol. The molecule has 0 saturated carbocycles. The first-order chi connectivity index (χ1) is 9.54. The fourth-order valence-electron chi connectivity index (χ4n) is 1.86. The van der Waals surface area contributed by atoms with Gasteiger partial charge < -0.3 is 10.6 Å². The van der Waals surface area contributed by atoms with Gasteiger partial charge in [0.15, 0.2) is 0 Å². The van der Waals surface area contributed by atoms with Gasteiger partial charge in [0.2, 0.25) is 5.95 Å². The average molecular weight is 270 g/mol. The summed E-state index contributed by atoms with van der Waals surface area (Å²) in [6.07, 6.45) is 0. The maximum Gasteiger partial charge on any atom is 0.224 e. The number of nitrogens with one attached hydrogen (secondary N) is 2.